The number of benzene rings is 8. The van der Waals surface area contributed by atoms with Crippen molar-refractivity contribution in [2.24, 2.45) is 20.5 Å². The van der Waals surface area contributed by atoms with Crippen molar-refractivity contribution in [3.63, 3.8) is 0 Å². The van der Waals surface area contributed by atoms with E-state index in [1.165, 1.54) is 131 Å². The molecule has 0 amide bonds. The molecule has 10 aromatic heterocycles. The highest BCUT2D eigenvalue weighted by Crippen LogP contribution is 2.35. The van der Waals surface area contributed by atoms with E-state index in [0.717, 1.165) is 125 Å². The molecule has 0 radical (unpaired) electrons. The Morgan fingerprint density at radius 2 is 0.781 bits per heavy atom. The van der Waals surface area contributed by atoms with Crippen molar-refractivity contribution in [1.82, 2.24) is 65.8 Å². The minimum Gasteiger partial charge on any atom is -0.287 e. The Kier molecular flexibility index (Phi) is 25.8. The summed E-state index contributed by atoms with van der Waals surface area (Å²) < 4.78 is 43.4. The zero-order chi connectivity index (χ0) is 92.2. The summed E-state index contributed by atoms with van der Waals surface area (Å²) in [5.41, 5.74) is 16.2. The summed E-state index contributed by atoms with van der Waals surface area (Å²) in [5.74, 6) is 5.14. The van der Waals surface area contributed by atoms with E-state index < -0.39 is 0 Å². The zero-order valence-corrected chi connectivity index (χ0v) is 77.7. The molecular formula is C109H114N28+10. The second-order valence-electron chi connectivity index (χ2n) is 35.9. The van der Waals surface area contributed by atoms with Crippen molar-refractivity contribution in [3.8, 4) is 0 Å². The Morgan fingerprint density at radius 3 is 1.38 bits per heavy atom. The van der Waals surface area contributed by atoms with Crippen LogP contribution < -0.4 is 0 Å². The Morgan fingerprint density at radius 1 is 0.292 bits per heavy atom. The average Bonchev–Trinajstić information content (AvgIpc) is 1.61. The van der Waals surface area contributed by atoms with Gasteiger partial charge in [-0.2, -0.15) is 23.5 Å². The Hall–Kier alpha value is -16.5. The molecule has 0 N–H and O–H groups in total. The fourth-order valence-corrected chi connectivity index (χ4v) is 19.3. The quantitative estimate of drug-likeness (QED) is 0.144. The Bertz CT molecular complexity index is 6920. The van der Waals surface area contributed by atoms with Crippen molar-refractivity contribution < 1.29 is 46.2 Å². The molecular weight excluding hydrogens is 1700 g/mol. The van der Waals surface area contributed by atoms with E-state index in [-0.39, 0.29) is 0 Å². The number of hydrogen-bond acceptors (Lipinski definition) is 8. The number of hydrogen-bond donors (Lipinski definition) is 0. The maximum absolute atomic E-state index is 4.81. The van der Waals surface area contributed by atoms with Gasteiger partial charge >= 0.3 is 0 Å². The van der Waals surface area contributed by atoms with Crippen LogP contribution in [0.25, 0.3) is 32.7 Å². The summed E-state index contributed by atoms with van der Waals surface area (Å²) in [7, 11) is 6.14. The van der Waals surface area contributed by atoms with E-state index in [2.05, 4.69) is 325 Å². The number of fused-ring (bicyclic) bond motifs is 16. The molecule has 28 nitrogen and oxygen atoms in total. The largest absolute Gasteiger partial charge is 0.287 e. The number of azo groups is 8. The highest BCUT2D eigenvalue weighted by molar-refractivity contribution is 5.91. The molecule has 10 aliphatic heterocycles. The van der Waals surface area contributed by atoms with Crippen LogP contribution in [0.4, 0.5) is 51.7 Å². The van der Waals surface area contributed by atoms with Gasteiger partial charge in [0.25, 0.3) is 13.3 Å². The van der Waals surface area contributed by atoms with Crippen LogP contribution >= 0.6 is 0 Å². The van der Waals surface area contributed by atoms with Gasteiger partial charge in [-0.1, -0.05) is 173 Å². The number of aromatic nitrogens is 14. The first-order valence-electron chi connectivity index (χ1n) is 47.5. The van der Waals surface area contributed by atoms with Crippen LogP contribution in [-0.2, 0) is 66.7 Å². The van der Waals surface area contributed by atoms with Gasteiger partial charge in [0.1, 0.15) is 55.2 Å². The van der Waals surface area contributed by atoms with Gasteiger partial charge in [-0.15, -0.1) is 4.70 Å². The lowest BCUT2D eigenvalue weighted by atomic mass is 9.95. The van der Waals surface area contributed by atoms with Crippen LogP contribution in [0.3, 0.4) is 0 Å². The molecule has 2 aliphatic carbocycles. The lowest BCUT2D eigenvalue weighted by Crippen LogP contribution is -2.27. The van der Waals surface area contributed by atoms with Gasteiger partial charge in [0, 0.05) is 154 Å². The first-order chi connectivity index (χ1) is 67.6. The predicted octanol–water partition coefficient (Wildman–Crippen LogP) is 20.8. The Balaban J connectivity index is 0.0000000914. The third kappa shape index (κ3) is 20.1. The molecule has 18 aromatic rings. The van der Waals surface area contributed by atoms with E-state index in [1.54, 1.807) is 12.5 Å². The van der Waals surface area contributed by atoms with Crippen LogP contribution in [0.15, 0.2) is 368 Å². The van der Waals surface area contributed by atoms with Crippen molar-refractivity contribution in [2.45, 2.75) is 143 Å². The highest BCUT2D eigenvalue weighted by Gasteiger charge is 2.34. The molecule has 2 saturated carbocycles. The minimum atomic E-state index is 0.664. The molecule has 8 aromatic carbocycles. The second kappa shape index (κ2) is 40.5. The monoisotopic (exact) mass is 1810 g/mol. The van der Waals surface area contributed by atoms with Gasteiger partial charge in [-0.05, 0) is 105 Å². The van der Waals surface area contributed by atoms with Crippen LogP contribution in [-0.4, -0.2) is 183 Å². The molecule has 20 heterocycles. The molecule has 0 unspecified atom stereocenters. The fraction of sp³-hybridized carbons (Fsp3) is 0.229. The zero-order valence-electron chi connectivity index (χ0n) is 77.7. The van der Waals surface area contributed by atoms with E-state index in [9.17, 15) is 0 Å². The normalized spacial score (nSPS) is 15.8. The maximum Gasteiger partial charge on any atom is 0.257 e. The van der Waals surface area contributed by atoms with Crippen molar-refractivity contribution in [1.29, 1.82) is 0 Å². The SMILES string of the molecule is C1=[N+](C2CCCCC2)Cn2c1cc1ccccc12.C1=[N+](c2ccccc2)Cn2ccnc21.C1=[N+](c2ccccc2)Cn2cncc21.C1=[N+](c2ccccc2)Cn2nccc21.C[N+]1=Cc2cc3ccccc3n2C1.C[N+]1=Cc2cccn2C1.C[N+]1=Nc2cccn2C1.c1ccc([N+]2=Nc3cccn3C2)cc1.c1ccc([N+]2=Nc3cncn3C2)cc1.c1ccc2c(c1)cc1n2C[N+](C2CCCCC2)=N1. The van der Waals surface area contributed by atoms with E-state index in [4.69, 9.17) is 5.11 Å². The van der Waals surface area contributed by atoms with E-state index in [0.29, 0.717) is 6.04 Å². The van der Waals surface area contributed by atoms with Crippen LogP contribution in [0.1, 0.15) is 98.5 Å². The topological polar surface area (TPSA) is 180 Å². The highest BCUT2D eigenvalue weighted by atomic mass is 15.5. The molecule has 0 bridgehead atoms. The predicted molar refractivity (Wildman–Crippen MR) is 532 cm³/mol. The van der Waals surface area contributed by atoms with Crippen molar-refractivity contribution >= 4 is 122 Å². The number of para-hydroxylation sites is 8. The molecule has 680 valence electrons. The molecule has 0 atom stereocenters. The third-order valence-corrected chi connectivity index (χ3v) is 26.3. The summed E-state index contributed by atoms with van der Waals surface area (Å²) in [6.07, 6.45) is 45.8. The molecule has 2 fully saturated rings. The summed E-state index contributed by atoms with van der Waals surface area (Å²) in [5, 5.41) is 26.1. The third-order valence-electron chi connectivity index (χ3n) is 26.3. The molecule has 28 heteroatoms. The fourth-order valence-electron chi connectivity index (χ4n) is 19.3. The molecule has 137 heavy (non-hydrogen) atoms. The van der Waals surface area contributed by atoms with Crippen molar-refractivity contribution in [3.05, 3.63) is 382 Å². The van der Waals surface area contributed by atoms with E-state index in [1.807, 2.05) is 195 Å². The lowest BCUT2D eigenvalue weighted by molar-refractivity contribution is -0.645. The molecule has 0 spiro atoms. The summed E-state index contributed by atoms with van der Waals surface area (Å²) in [4.78, 5) is 12.3. The molecule has 0 saturated heterocycles. The second-order valence-corrected chi connectivity index (χ2v) is 35.9. The Labute approximate surface area is 795 Å². The summed E-state index contributed by atoms with van der Waals surface area (Å²) in [6, 6.07) is 99.5. The van der Waals surface area contributed by atoms with Gasteiger partial charge in [0.05, 0.1) is 35.1 Å². The first-order valence-corrected chi connectivity index (χ1v) is 47.5. The lowest BCUT2D eigenvalue weighted by Gasteiger charge is -2.18. The summed E-state index contributed by atoms with van der Waals surface area (Å²) >= 11 is 0. The van der Waals surface area contributed by atoms with Gasteiger partial charge in [-0.3, -0.25) is 41.1 Å². The van der Waals surface area contributed by atoms with Crippen LogP contribution in [0.2, 0.25) is 0 Å². The number of nitrogens with zero attached hydrogens (tertiary/aromatic N) is 28. The van der Waals surface area contributed by atoms with Gasteiger partial charge in [0.2, 0.25) is 117 Å². The maximum atomic E-state index is 4.81. The van der Waals surface area contributed by atoms with Crippen LogP contribution in [0, 0.1) is 0 Å². The smallest absolute Gasteiger partial charge is 0.257 e. The van der Waals surface area contributed by atoms with Crippen molar-refractivity contribution in [2.75, 3.05) is 21.1 Å². The summed E-state index contributed by atoms with van der Waals surface area (Å²) in [6.45, 7) is 8.95. The van der Waals surface area contributed by atoms with Gasteiger partial charge in [0.15, 0.2) is 50.2 Å². The molecule has 30 rings (SSSR count). The average molecular weight is 1820 g/mol. The van der Waals surface area contributed by atoms with E-state index >= 15 is 0 Å². The van der Waals surface area contributed by atoms with Gasteiger partial charge < -0.3 is 0 Å². The molecule has 12 aliphatic rings. The number of imidazole rings is 3. The first kappa shape index (κ1) is 87.2. The van der Waals surface area contributed by atoms with Gasteiger partial charge in [-0.25, -0.2) is 28.7 Å². The minimum absolute atomic E-state index is 0.664. The number of rotatable bonds is 7. The standard InChI is InChI=1S/C16H19N2.C15H18N3.4C11H10N3.C11H11N2.C10H9N4.C7H9N2.C6H8N3/c1-2-7-14(8-3-1)17-11-15-10-13-6-4-5-9-16(13)18(15)12-17;1-2-7-13(8-3-1)18-11-17-14-9-5-4-6-12(14)10-15(17)16-18;1-2-5-10(6-3-1)14-9-13-8-4-7-11(13)12-14;1-2-4-10(5-3-1)13-7-11-6-12-8-14(11)9-13;1-2-4-10(5-3-1)14-8-11-12-6-7-13(11)9-14;1-2-4-10(5-3-1)13-8-11-6-7-12-14(11)9-13;1-12-7-10-6-9-4-2-3-5-11(9)13(10)8-12;1-2-4-9(5-3-1)14-8-13-7-11-6-10(13)12-14;1-8-5-7-3-2-4-9(7)6-8;1-8-5-9-4-2-3-6(9)7-8/h4-6,9-11,14H,1-3,7-8,12H2;4-6,9-10,13H,1-3,7-8,11H2;4*1-8H,9H2;2-7H,8H2,1H3;1-7H,8H2;2-5H,6H2,1H3;2-4H,5H2,1H3/q10*+1. The van der Waals surface area contributed by atoms with Crippen LogP contribution in [0.5, 0.6) is 0 Å².